The molecule has 2 rings (SSSR count). The molecule has 1 aromatic carbocycles. The molecule has 1 aliphatic rings. The SMILES string of the molecule is C=NC(=CN(C)C(=O)N(CC)C1CCCCC1)c1ccc(OC(F)F)cc1. The molecule has 0 spiro atoms. The van der Waals surface area contributed by atoms with Crippen molar-refractivity contribution in [2.24, 2.45) is 4.99 Å². The molecule has 1 aliphatic carbocycles. The van der Waals surface area contributed by atoms with Crippen molar-refractivity contribution in [1.82, 2.24) is 9.80 Å². The Morgan fingerprint density at radius 3 is 2.44 bits per heavy atom. The van der Waals surface area contributed by atoms with Gasteiger partial charge in [0, 0.05) is 31.4 Å². The van der Waals surface area contributed by atoms with Gasteiger partial charge < -0.3 is 14.5 Å². The molecule has 5 nitrogen and oxygen atoms in total. The number of urea groups is 1. The van der Waals surface area contributed by atoms with Crippen LogP contribution in [0.15, 0.2) is 35.5 Å². The average molecular weight is 379 g/mol. The number of hydrogen-bond acceptors (Lipinski definition) is 3. The quantitative estimate of drug-likeness (QED) is 0.626. The van der Waals surface area contributed by atoms with Gasteiger partial charge >= 0.3 is 12.6 Å². The van der Waals surface area contributed by atoms with Gasteiger partial charge in [-0.05, 0) is 50.7 Å². The van der Waals surface area contributed by atoms with Crippen molar-refractivity contribution in [2.45, 2.75) is 51.7 Å². The predicted molar refractivity (Wildman–Crippen MR) is 103 cm³/mol. The molecule has 1 fully saturated rings. The van der Waals surface area contributed by atoms with E-state index in [0.29, 0.717) is 17.8 Å². The summed E-state index contributed by atoms with van der Waals surface area (Å²) < 4.78 is 28.9. The summed E-state index contributed by atoms with van der Waals surface area (Å²) in [6.45, 7) is 3.32. The summed E-state index contributed by atoms with van der Waals surface area (Å²) in [4.78, 5) is 20.3. The third-order valence-corrected chi connectivity index (χ3v) is 4.77. The maximum atomic E-state index is 12.9. The Bertz CT molecular complexity index is 656. The Morgan fingerprint density at radius 2 is 1.93 bits per heavy atom. The lowest BCUT2D eigenvalue weighted by Gasteiger charge is -2.35. The maximum absolute atomic E-state index is 12.9. The van der Waals surface area contributed by atoms with Crippen molar-refractivity contribution in [3.05, 3.63) is 36.0 Å². The standard InChI is InChI=1S/C20H27F2N3O2/c1-4-25(16-8-6-5-7-9-16)20(26)24(3)14-18(23-2)15-10-12-17(13-11-15)27-19(21)22/h10-14,16,19H,2,4-9H2,1,3H3. The summed E-state index contributed by atoms with van der Waals surface area (Å²) in [5.74, 6) is 0.0658. The van der Waals surface area contributed by atoms with Crippen molar-refractivity contribution in [3.8, 4) is 5.75 Å². The Balaban J connectivity index is 2.12. The molecule has 0 aliphatic heterocycles. The lowest BCUT2D eigenvalue weighted by Crippen LogP contribution is -2.46. The second-order valence-electron chi connectivity index (χ2n) is 6.55. The van der Waals surface area contributed by atoms with Gasteiger partial charge in [0.2, 0.25) is 0 Å². The highest BCUT2D eigenvalue weighted by Gasteiger charge is 2.25. The number of rotatable bonds is 7. The zero-order chi connectivity index (χ0) is 19.8. The highest BCUT2D eigenvalue weighted by atomic mass is 19.3. The Hall–Kier alpha value is -2.44. The molecule has 7 heteroatoms. The lowest BCUT2D eigenvalue weighted by molar-refractivity contribution is -0.0498. The fraction of sp³-hybridized carbons (Fsp3) is 0.500. The van der Waals surface area contributed by atoms with Gasteiger partial charge in [0.1, 0.15) is 5.75 Å². The van der Waals surface area contributed by atoms with E-state index in [1.807, 2.05) is 11.8 Å². The molecule has 0 heterocycles. The molecule has 0 radical (unpaired) electrons. The van der Waals surface area contributed by atoms with E-state index < -0.39 is 6.61 Å². The van der Waals surface area contributed by atoms with E-state index in [1.54, 1.807) is 25.4 Å². The number of benzene rings is 1. The predicted octanol–water partition coefficient (Wildman–Crippen LogP) is 4.99. The molecule has 27 heavy (non-hydrogen) atoms. The molecule has 0 unspecified atom stereocenters. The third-order valence-electron chi connectivity index (χ3n) is 4.77. The second kappa shape index (κ2) is 10.0. The van der Waals surface area contributed by atoms with Gasteiger partial charge in [0.25, 0.3) is 0 Å². The van der Waals surface area contributed by atoms with E-state index >= 15 is 0 Å². The van der Waals surface area contributed by atoms with E-state index in [-0.39, 0.29) is 17.8 Å². The zero-order valence-corrected chi connectivity index (χ0v) is 15.9. The van der Waals surface area contributed by atoms with Gasteiger partial charge in [-0.25, -0.2) is 4.79 Å². The van der Waals surface area contributed by atoms with E-state index in [1.165, 1.54) is 23.5 Å². The van der Waals surface area contributed by atoms with Crippen LogP contribution < -0.4 is 4.74 Å². The fourth-order valence-corrected chi connectivity index (χ4v) is 3.40. The van der Waals surface area contributed by atoms with Crippen LogP contribution in [0.5, 0.6) is 5.75 Å². The van der Waals surface area contributed by atoms with Crippen molar-refractivity contribution in [3.63, 3.8) is 0 Å². The van der Waals surface area contributed by atoms with Gasteiger partial charge in [-0.3, -0.25) is 4.99 Å². The Labute approximate surface area is 159 Å². The normalized spacial score (nSPS) is 15.5. The minimum atomic E-state index is -2.87. The van der Waals surface area contributed by atoms with Crippen LogP contribution in [0.3, 0.4) is 0 Å². The number of alkyl halides is 2. The molecule has 148 valence electrons. The minimum Gasteiger partial charge on any atom is -0.435 e. The number of carbonyl (C=O) groups is 1. The van der Waals surface area contributed by atoms with Gasteiger partial charge in [0.15, 0.2) is 0 Å². The van der Waals surface area contributed by atoms with Crippen LogP contribution in [0.2, 0.25) is 0 Å². The van der Waals surface area contributed by atoms with E-state index in [2.05, 4.69) is 16.4 Å². The molecule has 0 N–H and O–H groups in total. The average Bonchev–Trinajstić information content (AvgIpc) is 2.67. The van der Waals surface area contributed by atoms with Crippen LogP contribution in [0, 0.1) is 0 Å². The maximum Gasteiger partial charge on any atom is 0.387 e. The number of carbonyl (C=O) groups excluding carboxylic acids is 1. The van der Waals surface area contributed by atoms with Gasteiger partial charge in [-0.1, -0.05) is 19.3 Å². The fourth-order valence-electron chi connectivity index (χ4n) is 3.40. The Morgan fingerprint density at radius 1 is 1.30 bits per heavy atom. The lowest BCUT2D eigenvalue weighted by atomic mass is 9.94. The summed E-state index contributed by atoms with van der Waals surface area (Å²) in [5, 5.41) is 0. The second-order valence-corrected chi connectivity index (χ2v) is 6.55. The summed E-state index contributed by atoms with van der Waals surface area (Å²) in [6.07, 6.45) is 7.23. The first-order valence-corrected chi connectivity index (χ1v) is 9.23. The molecule has 1 saturated carbocycles. The van der Waals surface area contributed by atoms with E-state index in [9.17, 15) is 13.6 Å². The first-order valence-electron chi connectivity index (χ1n) is 9.23. The van der Waals surface area contributed by atoms with Crippen LogP contribution in [0.4, 0.5) is 13.6 Å². The van der Waals surface area contributed by atoms with E-state index in [4.69, 9.17) is 0 Å². The third kappa shape index (κ3) is 5.77. The summed E-state index contributed by atoms with van der Waals surface area (Å²) in [5.41, 5.74) is 1.14. The number of amides is 2. The first-order chi connectivity index (χ1) is 13.0. The molecule has 2 amide bonds. The topological polar surface area (TPSA) is 45.1 Å². The number of aliphatic imine (C=N–C) groups is 1. The van der Waals surface area contributed by atoms with Crippen molar-refractivity contribution in [2.75, 3.05) is 13.6 Å². The molecular formula is C20H27F2N3O2. The molecule has 0 atom stereocenters. The number of ether oxygens (including phenoxy) is 1. The molecule has 0 bridgehead atoms. The van der Waals surface area contributed by atoms with Crippen molar-refractivity contribution in [1.29, 1.82) is 0 Å². The number of halogens is 2. The molecular weight excluding hydrogens is 352 g/mol. The zero-order valence-electron chi connectivity index (χ0n) is 15.9. The first kappa shape index (κ1) is 20.9. The van der Waals surface area contributed by atoms with Crippen LogP contribution in [-0.2, 0) is 0 Å². The van der Waals surface area contributed by atoms with Crippen LogP contribution >= 0.6 is 0 Å². The van der Waals surface area contributed by atoms with Crippen LogP contribution in [-0.4, -0.2) is 48.8 Å². The monoisotopic (exact) mass is 379 g/mol. The van der Waals surface area contributed by atoms with Crippen molar-refractivity contribution < 1.29 is 18.3 Å². The largest absolute Gasteiger partial charge is 0.435 e. The number of nitrogens with zero attached hydrogens (tertiary/aromatic N) is 3. The highest BCUT2D eigenvalue weighted by molar-refractivity contribution is 5.78. The summed E-state index contributed by atoms with van der Waals surface area (Å²) in [6, 6.07) is 6.27. The summed E-state index contributed by atoms with van der Waals surface area (Å²) in [7, 11) is 1.69. The molecule has 1 aromatic rings. The van der Waals surface area contributed by atoms with Gasteiger partial charge in [-0.15, -0.1) is 0 Å². The minimum absolute atomic E-state index is 0.0658. The molecule has 0 saturated heterocycles. The van der Waals surface area contributed by atoms with Gasteiger partial charge in [0.05, 0.1) is 5.70 Å². The highest BCUT2D eigenvalue weighted by Crippen LogP contribution is 2.25. The van der Waals surface area contributed by atoms with Crippen LogP contribution in [0.25, 0.3) is 5.70 Å². The van der Waals surface area contributed by atoms with Gasteiger partial charge in [-0.2, -0.15) is 8.78 Å². The summed E-state index contributed by atoms with van der Waals surface area (Å²) >= 11 is 0. The van der Waals surface area contributed by atoms with Crippen LogP contribution in [0.1, 0.15) is 44.6 Å². The van der Waals surface area contributed by atoms with Crippen molar-refractivity contribution >= 4 is 18.4 Å². The smallest absolute Gasteiger partial charge is 0.387 e. The molecule has 0 aromatic heterocycles. The van der Waals surface area contributed by atoms with E-state index in [0.717, 1.165) is 25.7 Å². The Kier molecular flexibility index (Phi) is 7.76. The number of hydrogen-bond donors (Lipinski definition) is 0.